The smallest absolute Gasteiger partial charge is 0.250 e. The van der Waals surface area contributed by atoms with Gasteiger partial charge in [0.25, 0.3) is 5.91 Å². The predicted octanol–water partition coefficient (Wildman–Crippen LogP) is 4.76. The molecule has 4 heteroatoms. The molecule has 4 rings (SSSR count). The van der Waals surface area contributed by atoms with Gasteiger partial charge in [-0.3, -0.25) is 9.59 Å². The Morgan fingerprint density at radius 1 is 0.750 bits per heavy atom. The van der Waals surface area contributed by atoms with Gasteiger partial charge in [0.1, 0.15) is 12.6 Å². The first-order chi connectivity index (χ1) is 13.6. The molecule has 2 amide bonds. The van der Waals surface area contributed by atoms with Gasteiger partial charge < -0.3 is 9.80 Å². The van der Waals surface area contributed by atoms with Crippen molar-refractivity contribution in [2.24, 2.45) is 0 Å². The molecule has 0 radical (unpaired) electrons. The number of carbonyl (C=O) groups excluding carboxylic acids is 2. The largest absolute Gasteiger partial charge is 0.328 e. The number of aryl methyl sites for hydroxylation is 1. The van der Waals surface area contributed by atoms with E-state index in [1.165, 1.54) is 37.7 Å². The number of benzene rings is 1. The highest BCUT2D eigenvalue weighted by atomic mass is 16.2. The van der Waals surface area contributed by atoms with Crippen molar-refractivity contribution in [2.45, 2.75) is 95.7 Å². The lowest BCUT2D eigenvalue weighted by atomic mass is 9.89. The van der Waals surface area contributed by atoms with Gasteiger partial charge in [0, 0.05) is 12.1 Å². The molecule has 1 heterocycles. The molecule has 3 fully saturated rings. The molecule has 1 aromatic rings. The zero-order valence-electron chi connectivity index (χ0n) is 17.2. The van der Waals surface area contributed by atoms with E-state index in [9.17, 15) is 9.59 Å². The number of amides is 2. The van der Waals surface area contributed by atoms with E-state index in [4.69, 9.17) is 0 Å². The summed E-state index contributed by atoms with van der Waals surface area (Å²) in [5, 5.41) is 0. The summed E-state index contributed by atoms with van der Waals surface area (Å²) in [5.41, 5.74) is 2.16. The average Bonchev–Trinajstić information content (AvgIpc) is 3.00. The van der Waals surface area contributed by atoms with Crippen molar-refractivity contribution in [2.75, 3.05) is 6.54 Å². The zero-order chi connectivity index (χ0) is 19.5. The molecule has 2 saturated carbocycles. The van der Waals surface area contributed by atoms with Crippen LogP contribution in [0.3, 0.4) is 0 Å². The van der Waals surface area contributed by atoms with Crippen LogP contribution in [0.5, 0.6) is 0 Å². The molecule has 152 valence electrons. The lowest BCUT2D eigenvalue weighted by Gasteiger charge is -2.47. The summed E-state index contributed by atoms with van der Waals surface area (Å²) in [5.74, 6) is 0.308. The van der Waals surface area contributed by atoms with Gasteiger partial charge in [-0.1, -0.05) is 74.8 Å². The van der Waals surface area contributed by atoms with Crippen molar-refractivity contribution in [3.63, 3.8) is 0 Å². The number of rotatable bonds is 3. The second-order valence-corrected chi connectivity index (χ2v) is 9.02. The second kappa shape index (κ2) is 8.67. The van der Waals surface area contributed by atoms with Gasteiger partial charge in [-0.15, -0.1) is 0 Å². The Kier molecular flexibility index (Phi) is 6.03. The normalized spacial score (nSPS) is 25.8. The number of carbonyl (C=O) groups is 2. The first kappa shape index (κ1) is 19.5. The summed E-state index contributed by atoms with van der Waals surface area (Å²) in [4.78, 5) is 31.0. The predicted molar refractivity (Wildman–Crippen MR) is 111 cm³/mol. The summed E-state index contributed by atoms with van der Waals surface area (Å²) in [6, 6.07) is 8.25. The van der Waals surface area contributed by atoms with Gasteiger partial charge in [-0.05, 0) is 38.2 Å². The van der Waals surface area contributed by atoms with Gasteiger partial charge in [-0.2, -0.15) is 0 Å². The summed E-state index contributed by atoms with van der Waals surface area (Å²) in [6.07, 6.45) is 12.6. The molecular weight excluding hydrogens is 348 g/mol. The minimum atomic E-state index is -0.437. The van der Waals surface area contributed by atoms with Crippen molar-refractivity contribution in [3.05, 3.63) is 35.4 Å². The molecular formula is C24H34N2O2. The highest BCUT2D eigenvalue weighted by molar-refractivity contribution is 5.96. The Morgan fingerprint density at radius 3 is 1.89 bits per heavy atom. The standard InChI is InChI=1S/C24H34N2O2/c1-18-13-15-19(16-14-18)23-24(28)25(20-9-5-2-3-6-10-20)17-22(27)26(23)21-11-7-4-8-12-21/h13-16,20-21,23H,2-12,17H2,1H3. The first-order valence-electron chi connectivity index (χ1n) is 11.3. The molecule has 1 aliphatic heterocycles. The monoisotopic (exact) mass is 382 g/mol. The minimum Gasteiger partial charge on any atom is -0.328 e. The highest BCUT2D eigenvalue weighted by Gasteiger charge is 2.45. The quantitative estimate of drug-likeness (QED) is 0.707. The maximum atomic E-state index is 13.8. The number of nitrogens with zero attached hydrogens (tertiary/aromatic N) is 2. The maximum Gasteiger partial charge on any atom is 0.250 e. The lowest BCUT2D eigenvalue weighted by Crippen LogP contribution is -2.60. The molecule has 3 aliphatic rings. The Hall–Kier alpha value is -1.84. The van der Waals surface area contributed by atoms with Crippen molar-refractivity contribution >= 4 is 11.8 Å². The molecule has 0 N–H and O–H groups in total. The summed E-state index contributed by atoms with van der Waals surface area (Å²) >= 11 is 0. The van der Waals surface area contributed by atoms with E-state index >= 15 is 0 Å². The zero-order valence-corrected chi connectivity index (χ0v) is 17.2. The molecule has 4 nitrogen and oxygen atoms in total. The van der Waals surface area contributed by atoms with Crippen molar-refractivity contribution < 1.29 is 9.59 Å². The average molecular weight is 383 g/mol. The van der Waals surface area contributed by atoms with Crippen molar-refractivity contribution in [1.82, 2.24) is 9.80 Å². The number of piperazine rings is 1. The molecule has 1 aromatic carbocycles. The van der Waals surface area contributed by atoms with Crippen LogP contribution in [0.25, 0.3) is 0 Å². The highest BCUT2D eigenvalue weighted by Crippen LogP contribution is 2.36. The number of hydrogen-bond acceptors (Lipinski definition) is 2. The molecule has 0 bridgehead atoms. The third-order valence-corrected chi connectivity index (χ3v) is 7.02. The summed E-state index contributed by atoms with van der Waals surface area (Å²) in [7, 11) is 0. The van der Waals surface area contributed by atoms with E-state index in [1.807, 2.05) is 9.80 Å². The van der Waals surface area contributed by atoms with Crippen molar-refractivity contribution in [3.8, 4) is 0 Å². The van der Waals surface area contributed by atoms with Crippen LogP contribution in [-0.2, 0) is 9.59 Å². The van der Waals surface area contributed by atoms with Gasteiger partial charge in [0.05, 0.1) is 0 Å². The topological polar surface area (TPSA) is 40.6 Å². The second-order valence-electron chi connectivity index (χ2n) is 9.02. The molecule has 1 atom stereocenters. The van der Waals surface area contributed by atoms with Crippen LogP contribution in [0.2, 0.25) is 0 Å². The van der Waals surface area contributed by atoms with Gasteiger partial charge in [0.15, 0.2) is 0 Å². The van der Waals surface area contributed by atoms with E-state index in [0.29, 0.717) is 0 Å². The first-order valence-corrected chi connectivity index (χ1v) is 11.3. The summed E-state index contributed by atoms with van der Waals surface area (Å²) < 4.78 is 0. The van der Waals surface area contributed by atoms with Gasteiger partial charge in [-0.25, -0.2) is 0 Å². The van der Waals surface area contributed by atoms with Crippen LogP contribution in [0.1, 0.15) is 87.8 Å². The molecule has 28 heavy (non-hydrogen) atoms. The third-order valence-electron chi connectivity index (χ3n) is 7.02. The Labute approximate surface area is 169 Å². The molecule has 1 saturated heterocycles. The molecule has 1 unspecified atom stereocenters. The van der Waals surface area contributed by atoms with E-state index in [0.717, 1.165) is 44.1 Å². The van der Waals surface area contributed by atoms with Crippen LogP contribution in [0.15, 0.2) is 24.3 Å². The molecule has 2 aliphatic carbocycles. The SMILES string of the molecule is Cc1ccc(C2C(=O)N(C3CCCCCC3)CC(=O)N2C2CCCCC2)cc1. The fourth-order valence-electron chi connectivity index (χ4n) is 5.43. The Bertz CT molecular complexity index is 685. The molecule has 0 spiro atoms. The van der Waals surface area contributed by atoms with Crippen LogP contribution in [0, 0.1) is 6.92 Å². The minimum absolute atomic E-state index is 0.154. The van der Waals surface area contributed by atoms with Crippen LogP contribution < -0.4 is 0 Å². The lowest BCUT2D eigenvalue weighted by molar-refractivity contribution is -0.162. The third kappa shape index (κ3) is 3.97. The van der Waals surface area contributed by atoms with Crippen molar-refractivity contribution in [1.29, 1.82) is 0 Å². The van der Waals surface area contributed by atoms with E-state index in [-0.39, 0.29) is 30.4 Å². The fraction of sp³-hybridized carbons (Fsp3) is 0.667. The van der Waals surface area contributed by atoms with E-state index in [1.54, 1.807) is 0 Å². The Balaban J connectivity index is 1.66. The van der Waals surface area contributed by atoms with Crippen LogP contribution >= 0.6 is 0 Å². The maximum absolute atomic E-state index is 13.8. The fourth-order valence-corrected chi connectivity index (χ4v) is 5.43. The molecule has 0 aromatic heterocycles. The number of hydrogen-bond donors (Lipinski definition) is 0. The summed E-state index contributed by atoms with van der Waals surface area (Å²) in [6.45, 7) is 2.34. The van der Waals surface area contributed by atoms with Crippen LogP contribution in [0.4, 0.5) is 0 Å². The van der Waals surface area contributed by atoms with Crippen LogP contribution in [-0.4, -0.2) is 40.2 Å². The van der Waals surface area contributed by atoms with E-state index in [2.05, 4.69) is 31.2 Å². The van der Waals surface area contributed by atoms with Gasteiger partial charge in [0.2, 0.25) is 5.91 Å². The Morgan fingerprint density at radius 2 is 1.29 bits per heavy atom. The van der Waals surface area contributed by atoms with E-state index < -0.39 is 6.04 Å². The van der Waals surface area contributed by atoms with Gasteiger partial charge >= 0.3 is 0 Å².